The van der Waals surface area contributed by atoms with Gasteiger partial charge in [0.1, 0.15) is 0 Å². The van der Waals surface area contributed by atoms with Crippen molar-refractivity contribution in [3.63, 3.8) is 0 Å². The molecule has 0 aliphatic heterocycles. The van der Waals surface area contributed by atoms with Gasteiger partial charge in [0, 0.05) is 23.6 Å². The number of para-hydroxylation sites is 1. The molecule has 5 heteroatoms. The number of fused-ring (bicyclic) bond motifs is 1. The van der Waals surface area contributed by atoms with Crippen LogP contribution in [-0.2, 0) is 22.9 Å². The number of benzene rings is 2. The molecule has 0 aliphatic carbocycles. The topological polar surface area (TPSA) is 62.0 Å². The third kappa shape index (κ3) is 5.21. The molecule has 2 aromatic carbocycles. The van der Waals surface area contributed by atoms with Crippen LogP contribution in [0.4, 0.5) is 0 Å². The van der Waals surface area contributed by atoms with Crippen molar-refractivity contribution in [1.29, 1.82) is 0 Å². The fourth-order valence-electron chi connectivity index (χ4n) is 3.33. The van der Waals surface area contributed by atoms with E-state index in [9.17, 15) is 8.42 Å². The number of nitrogens with one attached hydrogen (secondary N) is 2. The summed E-state index contributed by atoms with van der Waals surface area (Å²) in [4.78, 5) is 3.55. The van der Waals surface area contributed by atoms with Crippen LogP contribution in [0.2, 0.25) is 0 Å². The molecule has 0 saturated heterocycles. The van der Waals surface area contributed by atoms with Crippen molar-refractivity contribution in [3.8, 4) is 0 Å². The Kier molecular flexibility index (Phi) is 6.69. The number of hydrogen-bond acceptors (Lipinski definition) is 2. The van der Waals surface area contributed by atoms with E-state index in [2.05, 4.69) is 22.7 Å². The molecule has 0 unspecified atom stereocenters. The lowest BCUT2D eigenvalue weighted by atomic mass is 10.1. The molecule has 0 aliphatic rings. The fraction of sp³-hybridized carbons (Fsp3) is 0.364. The third-order valence-electron chi connectivity index (χ3n) is 4.91. The molecule has 2 N–H and O–H groups in total. The number of aryl methyl sites for hydroxylation is 1. The minimum Gasteiger partial charge on any atom is -0.361 e. The van der Waals surface area contributed by atoms with E-state index in [0.717, 1.165) is 29.3 Å². The lowest BCUT2D eigenvalue weighted by molar-refractivity contribution is 0.581. The van der Waals surface area contributed by atoms with Crippen molar-refractivity contribution in [2.45, 2.75) is 50.3 Å². The molecule has 3 rings (SSSR count). The van der Waals surface area contributed by atoms with Crippen LogP contribution in [0, 0.1) is 0 Å². The summed E-state index contributed by atoms with van der Waals surface area (Å²) in [7, 11) is -3.47. The van der Waals surface area contributed by atoms with Crippen molar-refractivity contribution in [3.05, 3.63) is 65.9 Å². The highest BCUT2D eigenvalue weighted by Crippen LogP contribution is 2.18. The Balaban J connectivity index is 1.55. The summed E-state index contributed by atoms with van der Waals surface area (Å²) >= 11 is 0. The van der Waals surface area contributed by atoms with Gasteiger partial charge in [0.25, 0.3) is 0 Å². The number of hydrogen-bond donors (Lipinski definition) is 2. The number of rotatable bonds is 10. The molecular formula is C22H28N2O2S. The summed E-state index contributed by atoms with van der Waals surface area (Å²) in [6.07, 6.45) is 8.47. The zero-order valence-corrected chi connectivity index (χ0v) is 16.7. The molecule has 0 saturated carbocycles. The fourth-order valence-corrected chi connectivity index (χ4v) is 4.36. The molecule has 1 aromatic heterocycles. The molecule has 0 bridgehead atoms. The van der Waals surface area contributed by atoms with Gasteiger partial charge in [0.05, 0.1) is 4.90 Å². The lowest BCUT2D eigenvalue weighted by Crippen LogP contribution is -2.25. The first kappa shape index (κ1) is 19.6. The first-order chi connectivity index (χ1) is 13.1. The second-order valence-corrected chi connectivity index (χ2v) is 8.73. The van der Waals surface area contributed by atoms with Gasteiger partial charge in [-0.05, 0) is 48.6 Å². The monoisotopic (exact) mass is 384 g/mol. The van der Waals surface area contributed by atoms with Crippen LogP contribution < -0.4 is 4.72 Å². The summed E-state index contributed by atoms with van der Waals surface area (Å²) in [5.74, 6) is 0. The van der Waals surface area contributed by atoms with Crippen molar-refractivity contribution < 1.29 is 8.42 Å². The highest BCUT2D eigenvalue weighted by molar-refractivity contribution is 7.89. The van der Waals surface area contributed by atoms with Gasteiger partial charge in [-0.1, -0.05) is 56.5 Å². The summed E-state index contributed by atoms with van der Waals surface area (Å²) in [5.41, 5.74) is 3.39. The van der Waals surface area contributed by atoms with Gasteiger partial charge in [-0.25, -0.2) is 13.1 Å². The third-order valence-corrected chi connectivity index (χ3v) is 6.39. The molecular weight excluding hydrogens is 356 g/mol. The van der Waals surface area contributed by atoms with Gasteiger partial charge in [0.2, 0.25) is 10.0 Å². The Bertz CT molecular complexity index is 959. The summed E-state index contributed by atoms with van der Waals surface area (Å²) in [6.45, 7) is 2.58. The van der Waals surface area contributed by atoms with Crippen LogP contribution in [0.1, 0.15) is 43.7 Å². The van der Waals surface area contributed by atoms with E-state index in [-0.39, 0.29) is 0 Å². The van der Waals surface area contributed by atoms with Gasteiger partial charge in [-0.3, -0.25) is 0 Å². The lowest BCUT2D eigenvalue weighted by Gasteiger charge is -2.08. The van der Waals surface area contributed by atoms with E-state index in [4.69, 9.17) is 0 Å². The molecule has 3 aromatic rings. The average molecular weight is 385 g/mol. The van der Waals surface area contributed by atoms with Crippen LogP contribution in [0.25, 0.3) is 10.9 Å². The summed E-state index contributed by atoms with van der Waals surface area (Å²) in [5, 5.41) is 1.14. The Morgan fingerprint density at radius 2 is 1.70 bits per heavy atom. The molecule has 0 fully saturated rings. The van der Waals surface area contributed by atoms with Crippen LogP contribution in [0.15, 0.2) is 59.6 Å². The Labute approximate surface area is 162 Å². The van der Waals surface area contributed by atoms with Gasteiger partial charge in [0.15, 0.2) is 0 Å². The predicted octanol–water partition coefficient (Wildman–Crippen LogP) is 4.81. The maximum atomic E-state index is 12.5. The second-order valence-electron chi connectivity index (χ2n) is 6.96. The van der Waals surface area contributed by atoms with E-state index in [1.54, 1.807) is 12.1 Å². The minimum atomic E-state index is -3.47. The highest BCUT2D eigenvalue weighted by Gasteiger charge is 2.13. The normalized spacial score (nSPS) is 11.9. The number of unbranched alkanes of at least 4 members (excludes halogenated alkanes) is 3. The molecule has 0 spiro atoms. The van der Waals surface area contributed by atoms with Gasteiger partial charge in [-0.15, -0.1) is 0 Å². The highest BCUT2D eigenvalue weighted by atomic mass is 32.2. The number of H-pyrrole nitrogens is 1. The number of sulfonamides is 1. The summed E-state index contributed by atoms with van der Waals surface area (Å²) < 4.78 is 27.7. The molecule has 0 atom stereocenters. The number of aromatic amines is 1. The molecule has 0 radical (unpaired) electrons. The zero-order valence-electron chi connectivity index (χ0n) is 15.9. The smallest absolute Gasteiger partial charge is 0.240 e. The van der Waals surface area contributed by atoms with E-state index in [1.807, 2.05) is 36.5 Å². The molecule has 27 heavy (non-hydrogen) atoms. The van der Waals surface area contributed by atoms with E-state index in [0.29, 0.717) is 17.9 Å². The van der Waals surface area contributed by atoms with Crippen LogP contribution >= 0.6 is 0 Å². The van der Waals surface area contributed by atoms with Gasteiger partial charge in [-0.2, -0.15) is 0 Å². The first-order valence-corrected chi connectivity index (χ1v) is 11.2. The minimum absolute atomic E-state index is 0.332. The van der Waals surface area contributed by atoms with Gasteiger partial charge < -0.3 is 4.98 Å². The van der Waals surface area contributed by atoms with E-state index in [1.165, 1.54) is 24.8 Å². The number of aromatic nitrogens is 1. The second kappa shape index (κ2) is 9.20. The van der Waals surface area contributed by atoms with Crippen molar-refractivity contribution >= 4 is 20.9 Å². The quantitative estimate of drug-likeness (QED) is 0.493. The van der Waals surface area contributed by atoms with Crippen molar-refractivity contribution in [2.75, 3.05) is 6.54 Å². The maximum absolute atomic E-state index is 12.5. The molecule has 4 nitrogen and oxygen atoms in total. The van der Waals surface area contributed by atoms with Crippen molar-refractivity contribution in [2.24, 2.45) is 0 Å². The zero-order chi connectivity index (χ0) is 19.1. The molecule has 1 heterocycles. The van der Waals surface area contributed by atoms with Crippen LogP contribution in [0.3, 0.4) is 0 Å². The SMILES string of the molecule is CCCCCCc1ccc(S(=O)(=O)NCCc2c[nH]c3ccccc23)cc1. The molecule has 0 amide bonds. The maximum Gasteiger partial charge on any atom is 0.240 e. The van der Waals surface area contributed by atoms with E-state index >= 15 is 0 Å². The predicted molar refractivity (Wildman–Crippen MR) is 111 cm³/mol. The average Bonchev–Trinajstić information content (AvgIpc) is 3.09. The first-order valence-electron chi connectivity index (χ1n) is 9.74. The Morgan fingerprint density at radius 1 is 0.926 bits per heavy atom. The Hall–Kier alpha value is -2.11. The standard InChI is InChI=1S/C22H28N2O2S/c1-2-3-4-5-8-18-11-13-20(14-12-18)27(25,26)24-16-15-19-17-23-22-10-7-6-9-21(19)22/h6-7,9-14,17,23-24H,2-5,8,15-16H2,1H3. The van der Waals surface area contributed by atoms with Crippen molar-refractivity contribution in [1.82, 2.24) is 9.71 Å². The van der Waals surface area contributed by atoms with Gasteiger partial charge >= 0.3 is 0 Å². The molecule has 144 valence electrons. The summed E-state index contributed by atoms with van der Waals surface area (Å²) in [6, 6.07) is 15.3. The largest absolute Gasteiger partial charge is 0.361 e. The van der Waals surface area contributed by atoms with Crippen LogP contribution in [0.5, 0.6) is 0 Å². The van der Waals surface area contributed by atoms with Crippen LogP contribution in [-0.4, -0.2) is 19.9 Å². The Morgan fingerprint density at radius 3 is 2.48 bits per heavy atom. The van der Waals surface area contributed by atoms with E-state index < -0.39 is 10.0 Å².